The van der Waals surface area contributed by atoms with E-state index in [1.165, 1.54) is 17.5 Å². The topological polar surface area (TPSA) is 37.8 Å². The monoisotopic (exact) mass is 295 g/mol. The first-order chi connectivity index (χ1) is 10.3. The second kappa shape index (κ2) is 6.37. The molecule has 1 aromatic heterocycles. The molecule has 0 fully saturated rings. The highest BCUT2D eigenvalue weighted by Crippen LogP contribution is 2.23. The molecule has 1 heterocycles. The zero-order chi connectivity index (χ0) is 14.5. The highest BCUT2D eigenvalue weighted by Gasteiger charge is 2.04. The summed E-state index contributed by atoms with van der Waals surface area (Å²) in [5.41, 5.74) is 3.50. The third kappa shape index (κ3) is 3.58. The van der Waals surface area contributed by atoms with E-state index in [2.05, 4.69) is 45.6 Å². The largest absolute Gasteiger partial charge is 0.340 e. The van der Waals surface area contributed by atoms with E-state index in [-0.39, 0.29) is 0 Å². The minimum absolute atomic E-state index is 0.424. The maximum Gasteiger partial charge on any atom is 0.135 e. The Morgan fingerprint density at radius 1 is 0.905 bits per heavy atom. The number of aromatic nitrogens is 2. The van der Waals surface area contributed by atoms with Gasteiger partial charge < -0.3 is 5.32 Å². The lowest BCUT2D eigenvalue weighted by atomic mass is 10.0. The van der Waals surface area contributed by atoms with Gasteiger partial charge in [0.05, 0.1) is 0 Å². The van der Waals surface area contributed by atoms with Crippen LogP contribution in [0.25, 0.3) is 0 Å². The zero-order valence-electron chi connectivity index (χ0n) is 11.3. The summed E-state index contributed by atoms with van der Waals surface area (Å²) in [7, 11) is 0. The van der Waals surface area contributed by atoms with Crippen molar-refractivity contribution in [2.75, 3.05) is 5.32 Å². The van der Waals surface area contributed by atoms with Crippen LogP contribution >= 0.6 is 11.6 Å². The van der Waals surface area contributed by atoms with Crippen LogP contribution in [0.2, 0.25) is 5.15 Å². The number of benzene rings is 2. The number of nitrogens with one attached hydrogen (secondary N) is 1. The van der Waals surface area contributed by atoms with Crippen molar-refractivity contribution in [2.45, 2.75) is 6.42 Å². The molecular weight excluding hydrogens is 282 g/mol. The number of anilines is 2. The van der Waals surface area contributed by atoms with Gasteiger partial charge in [-0.1, -0.05) is 60.1 Å². The Hall–Kier alpha value is -2.39. The maximum absolute atomic E-state index is 5.89. The van der Waals surface area contributed by atoms with Gasteiger partial charge in [0.25, 0.3) is 0 Å². The molecule has 0 bridgehead atoms. The van der Waals surface area contributed by atoms with Crippen molar-refractivity contribution in [2.24, 2.45) is 0 Å². The Labute approximate surface area is 128 Å². The molecule has 0 amide bonds. The number of nitrogens with zero attached hydrogens (tertiary/aromatic N) is 2. The van der Waals surface area contributed by atoms with Crippen LogP contribution in [-0.2, 0) is 6.42 Å². The van der Waals surface area contributed by atoms with Crippen molar-refractivity contribution in [1.29, 1.82) is 0 Å². The van der Waals surface area contributed by atoms with Crippen molar-refractivity contribution in [1.82, 2.24) is 9.97 Å². The van der Waals surface area contributed by atoms with E-state index in [4.69, 9.17) is 11.6 Å². The van der Waals surface area contributed by atoms with Crippen LogP contribution < -0.4 is 5.32 Å². The highest BCUT2D eigenvalue weighted by atomic mass is 35.5. The summed E-state index contributed by atoms with van der Waals surface area (Å²) in [5.74, 6) is 0.690. The fourth-order valence-corrected chi connectivity index (χ4v) is 2.30. The molecule has 0 spiro atoms. The summed E-state index contributed by atoms with van der Waals surface area (Å²) in [6.07, 6.45) is 2.31. The van der Waals surface area contributed by atoms with Crippen molar-refractivity contribution in [3.8, 4) is 0 Å². The Morgan fingerprint density at radius 3 is 2.48 bits per heavy atom. The molecule has 0 unspecified atom stereocenters. The van der Waals surface area contributed by atoms with Gasteiger partial charge in [-0.05, 0) is 23.6 Å². The van der Waals surface area contributed by atoms with Crippen LogP contribution in [0.3, 0.4) is 0 Å². The predicted molar refractivity (Wildman–Crippen MR) is 86.0 cm³/mol. The first-order valence-electron chi connectivity index (χ1n) is 6.68. The van der Waals surface area contributed by atoms with Gasteiger partial charge in [0, 0.05) is 11.8 Å². The fourth-order valence-electron chi connectivity index (χ4n) is 2.15. The van der Waals surface area contributed by atoms with Gasteiger partial charge in [-0.15, -0.1) is 0 Å². The van der Waals surface area contributed by atoms with Crippen molar-refractivity contribution >= 4 is 23.1 Å². The van der Waals surface area contributed by atoms with E-state index < -0.39 is 0 Å². The maximum atomic E-state index is 5.89. The molecule has 3 nitrogen and oxygen atoms in total. The van der Waals surface area contributed by atoms with Gasteiger partial charge in [-0.2, -0.15) is 0 Å². The molecule has 1 N–H and O–H groups in total. The molecule has 0 atom stereocenters. The molecule has 0 aliphatic rings. The van der Waals surface area contributed by atoms with Crippen LogP contribution in [0.5, 0.6) is 0 Å². The van der Waals surface area contributed by atoms with Crippen molar-refractivity contribution in [3.63, 3.8) is 0 Å². The Kier molecular flexibility index (Phi) is 4.12. The summed E-state index contributed by atoms with van der Waals surface area (Å²) in [5, 5.41) is 3.72. The molecule has 104 valence electrons. The Balaban J connectivity index is 1.86. The van der Waals surface area contributed by atoms with E-state index in [0.717, 1.165) is 12.1 Å². The number of hydrogen-bond acceptors (Lipinski definition) is 3. The summed E-state index contributed by atoms with van der Waals surface area (Å²) in [6.45, 7) is 0. The standard InChI is InChI=1S/C17H14ClN3/c18-16-11-17(20-12-19-16)21-15-9-5-4-8-14(15)10-13-6-2-1-3-7-13/h1-9,11-12H,10H2,(H,19,20,21). The quantitative estimate of drug-likeness (QED) is 0.722. The SMILES string of the molecule is Clc1cc(Nc2ccccc2Cc2ccccc2)ncn1. The highest BCUT2D eigenvalue weighted by molar-refractivity contribution is 6.29. The molecule has 0 saturated heterocycles. The third-order valence-electron chi connectivity index (χ3n) is 3.15. The molecule has 3 rings (SSSR count). The van der Waals surface area contributed by atoms with Crippen LogP contribution in [0.1, 0.15) is 11.1 Å². The van der Waals surface area contributed by atoms with Gasteiger partial charge in [-0.25, -0.2) is 9.97 Å². The van der Waals surface area contributed by atoms with E-state index in [1.54, 1.807) is 6.07 Å². The second-order valence-electron chi connectivity index (χ2n) is 4.67. The number of para-hydroxylation sites is 1. The first kappa shape index (κ1) is 13.6. The van der Waals surface area contributed by atoms with Gasteiger partial charge in [0.15, 0.2) is 0 Å². The zero-order valence-corrected chi connectivity index (χ0v) is 12.1. The normalized spacial score (nSPS) is 10.3. The molecule has 3 aromatic rings. The summed E-state index contributed by atoms with van der Waals surface area (Å²) < 4.78 is 0. The summed E-state index contributed by atoms with van der Waals surface area (Å²) >= 11 is 5.89. The number of rotatable bonds is 4. The van der Waals surface area contributed by atoms with E-state index in [0.29, 0.717) is 11.0 Å². The lowest BCUT2D eigenvalue weighted by Gasteiger charge is -2.11. The molecule has 0 radical (unpaired) electrons. The average Bonchev–Trinajstić information content (AvgIpc) is 2.50. The smallest absolute Gasteiger partial charge is 0.135 e. The number of hydrogen-bond donors (Lipinski definition) is 1. The van der Waals surface area contributed by atoms with Crippen molar-refractivity contribution < 1.29 is 0 Å². The van der Waals surface area contributed by atoms with Crippen LogP contribution in [0, 0.1) is 0 Å². The van der Waals surface area contributed by atoms with Gasteiger partial charge in [0.1, 0.15) is 17.3 Å². The second-order valence-corrected chi connectivity index (χ2v) is 5.06. The average molecular weight is 296 g/mol. The van der Waals surface area contributed by atoms with E-state index in [9.17, 15) is 0 Å². The Morgan fingerprint density at radius 2 is 1.67 bits per heavy atom. The molecule has 2 aromatic carbocycles. The van der Waals surface area contributed by atoms with Gasteiger partial charge >= 0.3 is 0 Å². The lowest BCUT2D eigenvalue weighted by molar-refractivity contribution is 1.15. The van der Waals surface area contributed by atoms with E-state index in [1.807, 2.05) is 24.3 Å². The molecule has 0 aliphatic heterocycles. The molecule has 0 aliphatic carbocycles. The van der Waals surface area contributed by atoms with Crippen LogP contribution in [0.4, 0.5) is 11.5 Å². The predicted octanol–water partition coefficient (Wildman–Crippen LogP) is 4.46. The third-order valence-corrected chi connectivity index (χ3v) is 3.36. The molecular formula is C17H14ClN3. The Bertz CT molecular complexity index is 729. The summed E-state index contributed by atoms with van der Waals surface area (Å²) in [6, 6.07) is 20.3. The minimum Gasteiger partial charge on any atom is -0.340 e. The van der Waals surface area contributed by atoms with Gasteiger partial charge in [-0.3, -0.25) is 0 Å². The molecule has 0 saturated carbocycles. The van der Waals surface area contributed by atoms with E-state index >= 15 is 0 Å². The first-order valence-corrected chi connectivity index (χ1v) is 7.05. The van der Waals surface area contributed by atoms with Crippen LogP contribution in [0.15, 0.2) is 67.0 Å². The lowest BCUT2D eigenvalue weighted by Crippen LogP contribution is -1.99. The number of halogens is 1. The fraction of sp³-hybridized carbons (Fsp3) is 0.0588. The van der Waals surface area contributed by atoms with Gasteiger partial charge in [0.2, 0.25) is 0 Å². The van der Waals surface area contributed by atoms with Crippen molar-refractivity contribution in [3.05, 3.63) is 83.3 Å². The molecule has 4 heteroatoms. The minimum atomic E-state index is 0.424. The summed E-state index contributed by atoms with van der Waals surface area (Å²) in [4.78, 5) is 8.06. The molecule has 21 heavy (non-hydrogen) atoms. The van der Waals surface area contributed by atoms with Crippen LogP contribution in [-0.4, -0.2) is 9.97 Å².